The molecule has 2 rings (SSSR count). The molecular weight excluding hydrogens is 223 g/mol. The number of hydrogen-bond donors (Lipinski definition) is 1. The highest BCUT2D eigenvalue weighted by atomic mass is 19.1. The Kier molecular flexibility index (Phi) is 3.35. The van der Waals surface area contributed by atoms with Crippen molar-refractivity contribution in [2.24, 2.45) is 0 Å². The van der Waals surface area contributed by atoms with Gasteiger partial charge in [0.1, 0.15) is 0 Å². The van der Waals surface area contributed by atoms with Gasteiger partial charge in [0, 0.05) is 25.0 Å². The van der Waals surface area contributed by atoms with E-state index in [1.807, 2.05) is 6.92 Å². The second kappa shape index (κ2) is 4.63. The fourth-order valence-electron chi connectivity index (χ4n) is 2.29. The molecule has 0 spiro atoms. The molecule has 94 valence electrons. The van der Waals surface area contributed by atoms with E-state index >= 15 is 0 Å². The van der Waals surface area contributed by atoms with Gasteiger partial charge in [-0.3, -0.25) is 0 Å². The first-order chi connectivity index (χ1) is 8.10. The Hall–Kier alpha value is -1.13. The minimum atomic E-state index is -1.11. The van der Waals surface area contributed by atoms with Crippen LogP contribution in [0.15, 0.2) is 18.2 Å². The summed E-state index contributed by atoms with van der Waals surface area (Å²) in [6.07, 6.45) is 0.895. The molecule has 1 aliphatic carbocycles. The second-order valence-electron chi connectivity index (χ2n) is 4.34. The maximum Gasteiger partial charge on any atom is 0.171 e. The Morgan fingerprint density at radius 1 is 1.47 bits per heavy atom. The summed E-state index contributed by atoms with van der Waals surface area (Å²) in [5.41, 5.74) is -0.814. The zero-order valence-corrected chi connectivity index (χ0v) is 10.1. The molecule has 0 atom stereocenters. The molecule has 1 aliphatic rings. The van der Waals surface area contributed by atoms with E-state index in [0.717, 1.165) is 0 Å². The summed E-state index contributed by atoms with van der Waals surface area (Å²) in [6, 6.07) is 4.82. The van der Waals surface area contributed by atoms with Gasteiger partial charge in [0.15, 0.2) is 11.6 Å². The van der Waals surface area contributed by atoms with Crippen molar-refractivity contribution in [3.05, 3.63) is 29.6 Å². The third-order valence-corrected chi connectivity index (χ3v) is 3.22. The lowest BCUT2D eigenvalue weighted by Crippen LogP contribution is -2.46. The standard InChI is InChI=1S/C13H17FO3/c1-3-17-9-7-13(15,8-9)10-5-4-6-11(16-2)12(10)14/h4-6,9,15H,3,7-8H2,1-2H3. The van der Waals surface area contributed by atoms with Gasteiger partial charge in [-0.2, -0.15) is 0 Å². The Morgan fingerprint density at radius 2 is 2.18 bits per heavy atom. The van der Waals surface area contributed by atoms with Crippen LogP contribution in [0.5, 0.6) is 5.75 Å². The SMILES string of the molecule is CCOC1CC(O)(c2cccc(OC)c2F)C1. The van der Waals surface area contributed by atoms with Crippen molar-refractivity contribution in [2.45, 2.75) is 31.5 Å². The molecule has 1 N–H and O–H groups in total. The van der Waals surface area contributed by atoms with Crippen molar-refractivity contribution in [1.82, 2.24) is 0 Å². The monoisotopic (exact) mass is 240 g/mol. The third-order valence-electron chi connectivity index (χ3n) is 3.22. The second-order valence-corrected chi connectivity index (χ2v) is 4.34. The number of ether oxygens (including phenoxy) is 2. The summed E-state index contributed by atoms with van der Waals surface area (Å²) in [4.78, 5) is 0. The molecule has 0 amide bonds. The van der Waals surface area contributed by atoms with Crippen LogP contribution in [0.2, 0.25) is 0 Å². The summed E-state index contributed by atoms with van der Waals surface area (Å²) >= 11 is 0. The van der Waals surface area contributed by atoms with Crippen molar-refractivity contribution < 1.29 is 19.0 Å². The van der Waals surface area contributed by atoms with Crippen molar-refractivity contribution >= 4 is 0 Å². The van der Waals surface area contributed by atoms with Crippen LogP contribution in [-0.2, 0) is 10.3 Å². The highest BCUT2D eigenvalue weighted by Crippen LogP contribution is 2.45. The van der Waals surface area contributed by atoms with Gasteiger partial charge in [-0.05, 0) is 13.0 Å². The molecule has 0 aliphatic heterocycles. The molecule has 4 heteroatoms. The van der Waals surface area contributed by atoms with E-state index in [2.05, 4.69) is 0 Å². The molecule has 17 heavy (non-hydrogen) atoms. The lowest BCUT2D eigenvalue weighted by Gasteiger charge is -2.43. The van der Waals surface area contributed by atoms with Gasteiger partial charge in [-0.15, -0.1) is 0 Å². The largest absolute Gasteiger partial charge is 0.494 e. The molecule has 0 unspecified atom stereocenters. The molecule has 0 aromatic heterocycles. The van der Waals surface area contributed by atoms with E-state index < -0.39 is 11.4 Å². The zero-order valence-electron chi connectivity index (χ0n) is 10.1. The molecular formula is C13H17FO3. The minimum absolute atomic E-state index is 0.0237. The van der Waals surface area contributed by atoms with Crippen LogP contribution in [-0.4, -0.2) is 24.9 Å². The first-order valence-electron chi connectivity index (χ1n) is 5.77. The van der Waals surface area contributed by atoms with Crippen LogP contribution in [0.3, 0.4) is 0 Å². The normalized spacial score (nSPS) is 27.6. The number of rotatable bonds is 4. The van der Waals surface area contributed by atoms with Crippen molar-refractivity contribution in [1.29, 1.82) is 0 Å². The van der Waals surface area contributed by atoms with E-state index in [0.29, 0.717) is 25.0 Å². The van der Waals surface area contributed by atoms with Gasteiger partial charge in [-0.1, -0.05) is 12.1 Å². The van der Waals surface area contributed by atoms with Crippen LogP contribution in [0, 0.1) is 5.82 Å². The van der Waals surface area contributed by atoms with E-state index in [-0.39, 0.29) is 11.9 Å². The van der Waals surface area contributed by atoms with E-state index in [4.69, 9.17) is 9.47 Å². The van der Waals surface area contributed by atoms with Crippen LogP contribution in [0.4, 0.5) is 4.39 Å². The third kappa shape index (κ3) is 2.15. The predicted molar refractivity (Wildman–Crippen MR) is 61.5 cm³/mol. The van der Waals surface area contributed by atoms with Gasteiger partial charge in [0.25, 0.3) is 0 Å². The highest BCUT2D eigenvalue weighted by Gasteiger charge is 2.46. The predicted octanol–water partition coefficient (Wildman–Crippen LogP) is 2.22. The molecule has 1 saturated carbocycles. The van der Waals surface area contributed by atoms with Gasteiger partial charge in [-0.25, -0.2) is 4.39 Å². The molecule has 1 aromatic carbocycles. The highest BCUT2D eigenvalue weighted by molar-refractivity contribution is 5.36. The van der Waals surface area contributed by atoms with E-state index in [1.54, 1.807) is 18.2 Å². The Labute approximate surface area is 100 Å². The van der Waals surface area contributed by atoms with Gasteiger partial charge in [0.2, 0.25) is 0 Å². The Morgan fingerprint density at radius 3 is 2.76 bits per heavy atom. The fraction of sp³-hybridized carbons (Fsp3) is 0.538. The summed E-state index contributed by atoms with van der Waals surface area (Å²) in [7, 11) is 1.41. The average molecular weight is 240 g/mol. The molecule has 1 fully saturated rings. The number of halogens is 1. The number of aliphatic hydroxyl groups is 1. The quantitative estimate of drug-likeness (QED) is 0.877. The van der Waals surface area contributed by atoms with Crippen molar-refractivity contribution in [3.63, 3.8) is 0 Å². The Balaban J connectivity index is 2.18. The van der Waals surface area contributed by atoms with Gasteiger partial charge < -0.3 is 14.6 Å². The summed E-state index contributed by atoms with van der Waals surface area (Å²) in [5, 5.41) is 10.3. The van der Waals surface area contributed by atoms with Gasteiger partial charge in [0.05, 0.1) is 18.8 Å². The van der Waals surface area contributed by atoms with Crippen molar-refractivity contribution in [3.8, 4) is 5.75 Å². The first-order valence-corrected chi connectivity index (χ1v) is 5.77. The van der Waals surface area contributed by atoms with Crippen molar-refractivity contribution in [2.75, 3.05) is 13.7 Å². The molecule has 0 saturated heterocycles. The summed E-state index contributed by atoms with van der Waals surface area (Å²) < 4.78 is 24.3. The molecule has 3 nitrogen and oxygen atoms in total. The van der Waals surface area contributed by atoms with Crippen LogP contribution in [0.1, 0.15) is 25.3 Å². The molecule has 0 bridgehead atoms. The van der Waals surface area contributed by atoms with E-state index in [1.165, 1.54) is 7.11 Å². The summed E-state index contributed by atoms with van der Waals surface area (Å²) in [5.74, 6) is -0.316. The molecule has 1 aromatic rings. The smallest absolute Gasteiger partial charge is 0.171 e. The maximum absolute atomic E-state index is 14.0. The number of methoxy groups -OCH3 is 1. The zero-order chi connectivity index (χ0) is 12.5. The molecule has 0 heterocycles. The number of hydrogen-bond acceptors (Lipinski definition) is 3. The van der Waals surface area contributed by atoms with E-state index in [9.17, 15) is 9.50 Å². The van der Waals surface area contributed by atoms with Gasteiger partial charge >= 0.3 is 0 Å². The van der Waals surface area contributed by atoms with Crippen LogP contribution >= 0.6 is 0 Å². The lowest BCUT2D eigenvalue weighted by atomic mass is 9.72. The summed E-state index contributed by atoms with van der Waals surface area (Å²) in [6.45, 7) is 2.52. The topological polar surface area (TPSA) is 38.7 Å². The number of benzene rings is 1. The lowest BCUT2D eigenvalue weighted by molar-refractivity contribution is -0.144. The maximum atomic E-state index is 14.0. The Bertz CT molecular complexity index is 400. The first kappa shape index (κ1) is 12.3. The van der Waals surface area contributed by atoms with Crippen LogP contribution in [0.25, 0.3) is 0 Å². The molecule has 0 radical (unpaired) electrons. The van der Waals surface area contributed by atoms with Crippen LogP contribution < -0.4 is 4.74 Å². The fourth-order valence-corrected chi connectivity index (χ4v) is 2.29. The average Bonchev–Trinajstić information content (AvgIpc) is 2.27. The minimum Gasteiger partial charge on any atom is -0.494 e.